The maximum absolute atomic E-state index is 12.5. The van der Waals surface area contributed by atoms with Crippen LogP contribution in [-0.2, 0) is 4.79 Å². The number of rotatable bonds is 5. The van der Waals surface area contributed by atoms with Crippen molar-refractivity contribution in [1.29, 1.82) is 0 Å². The van der Waals surface area contributed by atoms with Gasteiger partial charge in [-0.3, -0.25) is 4.79 Å². The molecular formula is C17H26N2O. The van der Waals surface area contributed by atoms with Gasteiger partial charge in [0.05, 0.1) is 6.04 Å². The van der Waals surface area contributed by atoms with E-state index in [1.54, 1.807) is 0 Å². The van der Waals surface area contributed by atoms with Crippen LogP contribution in [0.1, 0.15) is 50.1 Å². The van der Waals surface area contributed by atoms with Crippen molar-refractivity contribution in [1.82, 2.24) is 10.2 Å². The van der Waals surface area contributed by atoms with Crippen LogP contribution in [-0.4, -0.2) is 30.9 Å². The molecule has 3 nitrogen and oxygen atoms in total. The first-order valence-electron chi connectivity index (χ1n) is 7.82. The first-order chi connectivity index (χ1) is 9.83. The smallest absolute Gasteiger partial charge is 0.223 e. The summed E-state index contributed by atoms with van der Waals surface area (Å²) in [7, 11) is 1.93. The number of likely N-dealkylation sites (tertiary alicyclic amines) is 1. The van der Waals surface area contributed by atoms with Crippen molar-refractivity contribution >= 4 is 5.91 Å². The molecule has 1 aliphatic heterocycles. The molecule has 1 N–H and O–H groups in total. The number of carbonyl (C=O) groups is 1. The number of amides is 1. The molecule has 0 aliphatic carbocycles. The Morgan fingerprint density at radius 3 is 2.80 bits per heavy atom. The van der Waals surface area contributed by atoms with Crippen LogP contribution in [0.15, 0.2) is 30.3 Å². The van der Waals surface area contributed by atoms with E-state index in [0.717, 1.165) is 32.4 Å². The summed E-state index contributed by atoms with van der Waals surface area (Å²) in [5.41, 5.74) is 1.29. The Hall–Kier alpha value is -1.35. The van der Waals surface area contributed by atoms with Crippen LogP contribution in [0.25, 0.3) is 0 Å². The van der Waals surface area contributed by atoms with Crippen LogP contribution < -0.4 is 5.32 Å². The lowest BCUT2D eigenvalue weighted by molar-refractivity contribution is -0.133. The molecule has 1 unspecified atom stereocenters. The average Bonchev–Trinajstić information content (AvgIpc) is 2.74. The predicted molar refractivity (Wildman–Crippen MR) is 82.5 cm³/mol. The molecule has 1 aliphatic rings. The third kappa shape index (κ3) is 4.07. The van der Waals surface area contributed by atoms with Gasteiger partial charge in [-0.25, -0.2) is 0 Å². The van der Waals surface area contributed by atoms with Crippen molar-refractivity contribution in [2.75, 3.05) is 20.1 Å². The molecule has 1 fully saturated rings. The minimum atomic E-state index is 0.279. The highest BCUT2D eigenvalue weighted by Gasteiger charge is 2.25. The van der Waals surface area contributed by atoms with E-state index < -0.39 is 0 Å². The molecule has 0 aromatic heterocycles. The Morgan fingerprint density at radius 2 is 2.05 bits per heavy atom. The zero-order chi connectivity index (χ0) is 14.2. The van der Waals surface area contributed by atoms with Gasteiger partial charge < -0.3 is 10.2 Å². The minimum Gasteiger partial charge on any atom is -0.336 e. The zero-order valence-corrected chi connectivity index (χ0v) is 12.5. The molecule has 0 radical (unpaired) electrons. The molecule has 1 atom stereocenters. The number of hydrogen-bond acceptors (Lipinski definition) is 2. The molecular weight excluding hydrogens is 248 g/mol. The lowest BCUT2D eigenvalue weighted by Crippen LogP contribution is -2.35. The summed E-state index contributed by atoms with van der Waals surface area (Å²) >= 11 is 0. The van der Waals surface area contributed by atoms with E-state index in [1.807, 2.05) is 13.1 Å². The molecule has 2 rings (SSSR count). The summed E-state index contributed by atoms with van der Waals surface area (Å²) in [6.07, 6.45) is 6.28. The predicted octanol–water partition coefficient (Wildman–Crippen LogP) is 3.13. The molecule has 1 amide bonds. The van der Waals surface area contributed by atoms with Gasteiger partial charge in [0.25, 0.3) is 0 Å². The minimum absolute atomic E-state index is 0.279. The van der Waals surface area contributed by atoms with Crippen molar-refractivity contribution < 1.29 is 4.79 Å². The summed E-state index contributed by atoms with van der Waals surface area (Å²) in [5.74, 6) is 0.316. The largest absolute Gasteiger partial charge is 0.336 e. The second kappa shape index (κ2) is 8.05. The van der Waals surface area contributed by atoms with Crippen LogP contribution in [0, 0.1) is 0 Å². The van der Waals surface area contributed by atoms with Gasteiger partial charge in [-0.05, 0) is 38.4 Å². The maximum atomic E-state index is 12.5. The number of nitrogens with zero attached hydrogens (tertiary/aromatic N) is 1. The monoisotopic (exact) mass is 274 g/mol. The lowest BCUT2D eigenvalue weighted by Gasteiger charge is -2.30. The highest BCUT2D eigenvalue weighted by Crippen LogP contribution is 2.30. The van der Waals surface area contributed by atoms with Crippen LogP contribution in [0.4, 0.5) is 0 Å². The van der Waals surface area contributed by atoms with E-state index in [2.05, 4.69) is 34.5 Å². The van der Waals surface area contributed by atoms with Gasteiger partial charge in [0.15, 0.2) is 0 Å². The summed E-state index contributed by atoms with van der Waals surface area (Å²) in [6, 6.07) is 10.8. The van der Waals surface area contributed by atoms with Gasteiger partial charge in [-0.1, -0.05) is 43.2 Å². The lowest BCUT2D eigenvalue weighted by atomic mass is 10.0. The molecule has 1 heterocycles. The molecule has 0 spiro atoms. The fraction of sp³-hybridized carbons (Fsp3) is 0.588. The van der Waals surface area contributed by atoms with Gasteiger partial charge in [0.1, 0.15) is 0 Å². The first kappa shape index (κ1) is 15.0. The van der Waals surface area contributed by atoms with Gasteiger partial charge in [0.2, 0.25) is 5.91 Å². The van der Waals surface area contributed by atoms with Crippen molar-refractivity contribution in [2.24, 2.45) is 0 Å². The third-order valence-electron chi connectivity index (χ3n) is 4.07. The molecule has 110 valence electrons. The Labute approximate surface area is 122 Å². The molecule has 1 saturated heterocycles. The number of nitrogens with one attached hydrogen (secondary N) is 1. The van der Waals surface area contributed by atoms with Gasteiger partial charge in [-0.15, -0.1) is 0 Å². The van der Waals surface area contributed by atoms with Crippen LogP contribution in [0.3, 0.4) is 0 Å². The third-order valence-corrected chi connectivity index (χ3v) is 4.07. The zero-order valence-electron chi connectivity index (χ0n) is 12.5. The highest BCUT2D eigenvalue weighted by atomic mass is 16.2. The second-order valence-corrected chi connectivity index (χ2v) is 5.57. The van der Waals surface area contributed by atoms with E-state index in [9.17, 15) is 4.79 Å². The molecule has 20 heavy (non-hydrogen) atoms. The second-order valence-electron chi connectivity index (χ2n) is 5.57. The quantitative estimate of drug-likeness (QED) is 0.837. The Bertz CT molecular complexity index is 405. The van der Waals surface area contributed by atoms with E-state index in [-0.39, 0.29) is 6.04 Å². The van der Waals surface area contributed by atoms with E-state index in [4.69, 9.17) is 0 Å². The van der Waals surface area contributed by atoms with Crippen molar-refractivity contribution in [3.63, 3.8) is 0 Å². The SMILES string of the molecule is CNCCCC(=O)N1CCCCCC1c1ccccc1. The van der Waals surface area contributed by atoms with E-state index in [1.165, 1.54) is 18.4 Å². The van der Waals surface area contributed by atoms with Crippen LogP contribution in [0.2, 0.25) is 0 Å². The summed E-state index contributed by atoms with van der Waals surface area (Å²) in [5, 5.41) is 3.11. The standard InChI is InChI=1S/C17H26N2O/c1-18-13-8-12-17(20)19-14-7-3-6-11-16(19)15-9-4-2-5-10-15/h2,4-5,9-10,16,18H,3,6-8,11-14H2,1H3. The van der Waals surface area contributed by atoms with Crippen molar-refractivity contribution in [3.8, 4) is 0 Å². The fourth-order valence-electron chi connectivity index (χ4n) is 2.99. The van der Waals surface area contributed by atoms with Crippen molar-refractivity contribution in [3.05, 3.63) is 35.9 Å². The van der Waals surface area contributed by atoms with Gasteiger partial charge in [-0.2, -0.15) is 0 Å². The molecule has 0 bridgehead atoms. The van der Waals surface area contributed by atoms with Gasteiger partial charge in [0, 0.05) is 13.0 Å². The van der Waals surface area contributed by atoms with Crippen molar-refractivity contribution in [2.45, 2.75) is 44.6 Å². The van der Waals surface area contributed by atoms with E-state index in [0.29, 0.717) is 12.3 Å². The molecule has 3 heteroatoms. The Kier molecular flexibility index (Phi) is 6.06. The summed E-state index contributed by atoms with van der Waals surface area (Å²) in [4.78, 5) is 14.6. The van der Waals surface area contributed by atoms with E-state index >= 15 is 0 Å². The summed E-state index contributed by atoms with van der Waals surface area (Å²) < 4.78 is 0. The van der Waals surface area contributed by atoms with Crippen LogP contribution >= 0.6 is 0 Å². The number of benzene rings is 1. The molecule has 0 saturated carbocycles. The molecule has 1 aromatic rings. The maximum Gasteiger partial charge on any atom is 0.223 e. The normalized spacial score (nSPS) is 19.6. The number of carbonyl (C=O) groups excluding carboxylic acids is 1. The molecule has 1 aromatic carbocycles. The average molecular weight is 274 g/mol. The highest BCUT2D eigenvalue weighted by molar-refractivity contribution is 5.76. The van der Waals surface area contributed by atoms with Gasteiger partial charge >= 0.3 is 0 Å². The Balaban J connectivity index is 2.07. The number of hydrogen-bond donors (Lipinski definition) is 1. The summed E-state index contributed by atoms with van der Waals surface area (Å²) in [6.45, 7) is 1.83. The Morgan fingerprint density at radius 1 is 1.25 bits per heavy atom. The fourth-order valence-corrected chi connectivity index (χ4v) is 2.99. The first-order valence-corrected chi connectivity index (χ1v) is 7.82. The van der Waals surface area contributed by atoms with Crippen LogP contribution in [0.5, 0.6) is 0 Å². The topological polar surface area (TPSA) is 32.3 Å².